The number of carbonyl (C=O) groups excluding carboxylic acids is 1. The van der Waals surface area contributed by atoms with E-state index in [1.54, 1.807) is 0 Å². The molecule has 0 bridgehead atoms. The first-order chi connectivity index (χ1) is 18.7. The highest BCUT2D eigenvalue weighted by molar-refractivity contribution is 8.17. The highest BCUT2D eigenvalue weighted by Gasteiger charge is 2.53. The number of carbonyl (C=O) groups is 1. The number of hydrogen-bond donors (Lipinski definition) is 0. The van der Waals surface area contributed by atoms with Gasteiger partial charge in [0.25, 0.3) is 0 Å². The topological polar surface area (TPSA) is 48.3 Å². The maximum atomic E-state index is 13.6. The fourth-order valence-corrected chi connectivity index (χ4v) is 6.22. The number of aryl methyl sites for hydroxylation is 1. The van der Waals surface area contributed by atoms with Crippen molar-refractivity contribution >= 4 is 39.7 Å². The predicted molar refractivity (Wildman–Crippen MR) is 158 cm³/mol. The fourth-order valence-electron chi connectivity index (χ4n) is 4.91. The molecule has 1 atom stereocenters. The first-order valence-electron chi connectivity index (χ1n) is 12.9. The highest BCUT2D eigenvalue weighted by Crippen LogP contribution is 2.50. The van der Waals surface area contributed by atoms with E-state index in [9.17, 15) is 4.79 Å². The number of hydrazone groups is 2. The zero-order valence-electron chi connectivity index (χ0n) is 21.2. The highest BCUT2D eigenvalue weighted by atomic mass is 32.2. The number of anilines is 2. The third-order valence-electron chi connectivity index (χ3n) is 6.95. The third-order valence-corrected chi connectivity index (χ3v) is 8.29. The van der Waals surface area contributed by atoms with Crippen LogP contribution in [0.25, 0.3) is 0 Å². The van der Waals surface area contributed by atoms with E-state index in [1.807, 2.05) is 83.9 Å². The SMILES string of the molecule is CCc1ccc(C2=NN(c3ccccc3)[C@@]3(CC2)SC(C(=O)c2ccccc2)=NN3c2ccccc2)cc1. The molecule has 0 aliphatic carbocycles. The first kappa shape index (κ1) is 24.2. The van der Waals surface area contributed by atoms with Gasteiger partial charge >= 0.3 is 0 Å². The van der Waals surface area contributed by atoms with Crippen molar-refractivity contribution in [1.82, 2.24) is 0 Å². The van der Waals surface area contributed by atoms with Crippen LogP contribution in [0.2, 0.25) is 0 Å². The Bertz CT molecular complexity index is 1490. The summed E-state index contributed by atoms with van der Waals surface area (Å²) in [6.07, 6.45) is 2.49. The summed E-state index contributed by atoms with van der Waals surface area (Å²) < 4.78 is 0. The van der Waals surface area contributed by atoms with Crippen LogP contribution >= 0.6 is 11.8 Å². The molecule has 0 N–H and O–H groups in total. The summed E-state index contributed by atoms with van der Waals surface area (Å²) in [6.45, 7) is 2.16. The van der Waals surface area contributed by atoms with Crippen molar-refractivity contribution in [1.29, 1.82) is 0 Å². The van der Waals surface area contributed by atoms with E-state index in [-0.39, 0.29) is 5.78 Å². The molecule has 5 nitrogen and oxygen atoms in total. The van der Waals surface area contributed by atoms with Crippen molar-refractivity contribution in [3.63, 3.8) is 0 Å². The van der Waals surface area contributed by atoms with E-state index in [2.05, 4.69) is 48.3 Å². The van der Waals surface area contributed by atoms with Crippen LogP contribution in [0, 0.1) is 0 Å². The summed E-state index contributed by atoms with van der Waals surface area (Å²) in [7, 11) is 0. The molecule has 6 heteroatoms. The maximum Gasteiger partial charge on any atom is 0.219 e. The number of para-hydroxylation sites is 2. The number of thioether (sulfide) groups is 1. The molecule has 38 heavy (non-hydrogen) atoms. The van der Waals surface area contributed by atoms with Crippen molar-refractivity contribution in [2.75, 3.05) is 10.0 Å². The molecule has 0 fully saturated rings. The second-order valence-corrected chi connectivity index (χ2v) is 10.6. The molecule has 0 saturated carbocycles. The standard InChI is InChI=1S/C32H28N4OS/c1-2-24-18-20-25(21-19-24)29-22-23-32(35(33-29)27-14-8-4-9-15-27)36(28-16-10-5-11-17-28)34-31(38-32)30(37)26-12-6-3-7-13-26/h3-21H,2,22-23H2,1H3/t32-/m1/s1. The van der Waals surface area contributed by atoms with E-state index < -0.39 is 4.99 Å². The predicted octanol–water partition coefficient (Wildman–Crippen LogP) is 7.36. The fraction of sp³-hybridized carbons (Fsp3) is 0.156. The quantitative estimate of drug-likeness (QED) is 0.251. The van der Waals surface area contributed by atoms with Gasteiger partial charge in [0, 0.05) is 12.0 Å². The Morgan fingerprint density at radius 1 is 0.763 bits per heavy atom. The molecule has 0 amide bonds. The minimum Gasteiger partial charge on any atom is -0.286 e. The summed E-state index contributed by atoms with van der Waals surface area (Å²) in [6, 6.07) is 38.3. The zero-order valence-corrected chi connectivity index (χ0v) is 22.0. The average molecular weight is 517 g/mol. The van der Waals surface area contributed by atoms with Gasteiger partial charge in [-0.05, 0) is 60.0 Å². The normalized spacial score (nSPS) is 18.9. The van der Waals surface area contributed by atoms with Gasteiger partial charge in [-0.2, -0.15) is 10.2 Å². The number of benzene rings is 4. The summed E-state index contributed by atoms with van der Waals surface area (Å²) in [5.41, 5.74) is 5.95. The Kier molecular flexibility index (Phi) is 6.56. The molecule has 4 aromatic rings. The van der Waals surface area contributed by atoms with Gasteiger partial charge in [0.15, 0.2) is 5.04 Å². The van der Waals surface area contributed by atoms with Gasteiger partial charge in [0.1, 0.15) is 0 Å². The second-order valence-electron chi connectivity index (χ2n) is 9.34. The first-order valence-corrected chi connectivity index (χ1v) is 13.7. The van der Waals surface area contributed by atoms with Gasteiger partial charge in [-0.15, -0.1) is 0 Å². The molecule has 0 radical (unpaired) electrons. The molecule has 0 saturated heterocycles. The van der Waals surface area contributed by atoms with Crippen molar-refractivity contribution in [2.45, 2.75) is 31.2 Å². The van der Waals surface area contributed by atoms with Gasteiger partial charge in [-0.3, -0.25) is 4.79 Å². The second kappa shape index (κ2) is 10.3. The summed E-state index contributed by atoms with van der Waals surface area (Å²) in [5, 5.41) is 14.7. The minimum atomic E-state index is -0.727. The van der Waals surface area contributed by atoms with Gasteiger partial charge < -0.3 is 0 Å². The zero-order chi connectivity index (χ0) is 26.0. The number of Topliss-reactive ketones (excluding diaryl/α,β-unsaturated/α-hetero) is 1. The smallest absolute Gasteiger partial charge is 0.219 e. The number of ketones is 1. The largest absolute Gasteiger partial charge is 0.286 e. The van der Waals surface area contributed by atoms with Gasteiger partial charge in [0.05, 0.1) is 17.1 Å². The molecular weight excluding hydrogens is 488 g/mol. The lowest BCUT2D eigenvalue weighted by molar-refractivity contribution is 0.106. The van der Waals surface area contributed by atoms with Crippen LogP contribution in [0.3, 0.4) is 0 Å². The maximum absolute atomic E-state index is 13.6. The van der Waals surface area contributed by atoms with E-state index in [1.165, 1.54) is 17.3 Å². The van der Waals surface area contributed by atoms with E-state index in [0.29, 0.717) is 10.6 Å². The van der Waals surface area contributed by atoms with Crippen molar-refractivity contribution in [2.24, 2.45) is 10.2 Å². The van der Waals surface area contributed by atoms with E-state index >= 15 is 0 Å². The Morgan fingerprint density at radius 3 is 1.89 bits per heavy atom. The lowest BCUT2D eigenvalue weighted by Crippen LogP contribution is -2.56. The number of hydrogen-bond acceptors (Lipinski definition) is 6. The number of nitrogens with zero attached hydrogens (tertiary/aromatic N) is 4. The van der Waals surface area contributed by atoms with Crippen LogP contribution in [0.1, 0.15) is 41.3 Å². The summed E-state index contributed by atoms with van der Waals surface area (Å²) >= 11 is 1.49. The lowest BCUT2D eigenvalue weighted by Gasteiger charge is -2.46. The Labute approximate surface area is 227 Å². The van der Waals surface area contributed by atoms with E-state index in [4.69, 9.17) is 10.2 Å². The summed E-state index contributed by atoms with van der Waals surface area (Å²) in [4.78, 5) is 12.9. The minimum absolute atomic E-state index is 0.0775. The molecule has 6 rings (SSSR count). The molecule has 2 heterocycles. The van der Waals surface area contributed by atoms with Crippen molar-refractivity contribution in [3.8, 4) is 0 Å². The van der Waals surface area contributed by atoms with Gasteiger partial charge in [-0.1, -0.05) is 97.9 Å². The molecule has 2 aliphatic rings. The Balaban J connectivity index is 1.47. The molecular formula is C32H28N4OS. The lowest BCUT2D eigenvalue weighted by atomic mass is 10.0. The van der Waals surface area contributed by atoms with Gasteiger partial charge in [-0.25, -0.2) is 10.0 Å². The van der Waals surface area contributed by atoms with E-state index in [0.717, 1.165) is 41.9 Å². The van der Waals surface area contributed by atoms with Gasteiger partial charge in [0.2, 0.25) is 10.8 Å². The Morgan fingerprint density at radius 2 is 1.32 bits per heavy atom. The molecule has 188 valence electrons. The average Bonchev–Trinajstić information content (AvgIpc) is 3.38. The summed E-state index contributed by atoms with van der Waals surface area (Å²) in [5.74, 6) is -0.0775. The molecule has 0 unspecified atom stereocenters. The number of rotatable bonds is 6. The van der Waals surface area contributed by atoms with Crippen LogP contribution in [-0.2, 0) is 6.42 Å². The van der Waals surface area contributed by atoms with Crippen LogP contribution < -0.4 is 10.0 Å². The molecule has 2 aliphatic heterocycles. The molecule has 0 aromatic heterocycles. The van der Waals surface area contributed by atoms with Crippen LogP contribution in [-0.4, -0.2) is 21.5 Å². The van der Waals surface area contributed by atoms with Crippen LogP contribution in [0.15, 0.2) is 125 Å². The molecule has 4 aromatic carbocycles. The van der Waals surface area contributed by atoms with Crippen LogP contribution in [0.5, 0.6) is 0 Å². The molecule has 1 spiro atoms. The third kappa shape index (κ3) is 4.41. The van der Waals surface area contributed by atoms with Crippen LogP contribution in [0.4, 0.5) is 11.4 Å². The monoisotopic (exact) mass is 516 g/mol. The Hall–Kier alpha value is -4.16. The van der Waals surface area contributed by atoms with Crippen molar-refractivity contribution in [3.05, 3.63) is 132 Å². The van der Waals surface area contributed by atoms with Crippen molar-refractivity contribution < 1.29 is 4.79 Å².